The lowest BCUT2D eigenvalue weighted by Gasteiger charge is -2.36. The number of rotatable bonds is 8. The summed E-state index contributed by atoms with van der Waals surface area (Å²) in [5.74, 6) is 0.638. The summed E-state index contributed by atoms with van der Waals surface area (Å²) in [6.45, 7) is 6.39. The number of carboxylic acid groups (broad SMARTS) is 1. The van der Waals surface area contributed by atoms with Gasteiger partial charge in [0.25, 0.3) is 6.47 Å². The summed E-state index contributed by atoms with van der Waals surface area (Å²) in [6.07, 6.45) is 5.30. The van der Waals surface area contributed by atoms with Crippen LogP contribution in [-0.2, 0) is 4.79 Å². The van der Waals surface area contributed by atoms with Crippen LogP contribution in [0.25, 0.3) is 22.2 Å². The van der Waals surface area contributed by atoms with Crippen molar-refractivity contribution in [1.29, 1.82) is 10.9 Å². The maximum atomic E-state index is 14.8. The number of benzene rings is 2. The number of fused-ring (bicyclic) bond motifs is 1. The minimum atomic E-state index is -0.449. The minimum Gasteiger partial charge on any atom is -0.483 e. The van der Waals surface area contributed by atoms with Crippen LogP contribution in [0.4, 0.5) is 10.1 Å². The largest absolute Gasteiger partial charge is 0.483 e. The molecule has 0 unspecified atom stereocenters. The van der Waals surface area contributed by atoms with Gasteiger partial charge in [-0.05, 0) is 68.6 Å². The van der Waals surface area contributed by atoms with E-state index in [2.05, 4.69) is 24.0 Å². The number of piperidine rings is 1. The van der Waals surface area contributed by atoms with E-state index < -0.39 is 5.82 Å². The Bertz CT molecular complexity index is 1150. The number of carbonyl (C=O) groups is 1. The molecule has 0 amide bonds. The number of aromatic nitrogens is 1. The molecule has 186 valence electrons. The number of hydrogen-bond donors (Lipinski definition) is 3. The van der Waals surface area contributed by atoms with E-state index in [4.69, 9.17) is 30.2 Å². The summed E-state index contributed by atoms with van der Waals surface area (Å²) in [5, 5.41) is 18.3. The van der Waals surface area contributed by atoms with Crippen molar-refractivity contribution in [1.82, 2.24) is 9.88 Å². The molecule has 1 aromatic heterocycles. The smallest absolute Gasteiger partial charge is 0.290 e. The first kappa shape index (κ1) is 26.0. The molecule has 35 heavy (non-hydrogen) atoms. The third-order valence-corrected chi connectivity index (χ3v) is 6.50. The van der Waals surface area contributed by atoms with Crippen LogP contribution in [0.3, 0.4) is 0 Å². The van der Waals surface area contributed by atoms with Gasteiger partial charge in [-0.1, -0.05) is 25.1 Å². The van der Waals surface area contributed by atoms with Crippen molar-refractivity contribution < 1.29 is 18.7 Å². The van der Waals surface area contributed by atoms with E-state index in [-0.39, 0.29) is 6.47 Å². The molecule has 1 aliphatic heterocycles. The standard InChI is InChI=1S/C24H29FN6O.CH2O2/c1-3-18(4-2)30-11-9-16(10-12-30)24-28-22-13-17(5-8-23(22)32-24)20-7-6-19(14-21(20)25)31(15-26)29-27;2-1-3/h5-8,13-16,18,26-27H,3-4,9-12H2,1-2H3;1H,(H,2,3). The number of oxazole rings is 1. The van der Waals surface area contributed by atoms with E-state index in [1.54, 1.807) is 12.1 Å². The monoisotopic (exact) mass is 482 g/mol. The van der Waals surface area contributed by atoms with Crippen molar-refractivity contribution in [2.24, 2.45) is 5.22 Å². The second-order valence-electron chi connectivity index (χ2n) is 8.36. The predicted octanol–water partition coefficient (Wildman–Crippen LogP) is 6.06. The van der Waals surface area contributed by atoms with Gasteiger partial charge in [0, 0.05) is 23.6 Å². The summed E-state index contributed by atoms with van der Waals surface area (Å²) in [5.41, 5.74) is 9.96. The Morgan fingerprint density at radius 2 is 1.94 bits per heavy atom. The Kier molecular flexibility index (Phi) is 9.02. The zero-order valence-corrected chi connectivity index (χ0v) is 19.9. The molecule has 0 aliphatic carbocycles. The molecule has 2 heterocycles. The van der Waals surface area contributed by atoms with Crippen molar-refractivity contribution in [2.75, 3.05) is 18.1 Å². The zero-order chi connectivity index (χ0) is 25.4. The second-order valence-corrected chi connectivity index (χ2v) is 8.36. The molecule has 0 atom stereocenters. The van der Waals surface area contributed by atoms with Crippen molar-refractivity contribution in [2.45, 2.75) is 51.5 Å². The molecule has 4 rings (SSSR count). The van der Waals surface area contributed by atoms with Crippen molar-refractivity contribution in [3.8, 4) is 11.1 Å². The van der Waals surface area contributed by atoms with Gasteiger partial charge in [0.05, 0.1) is 5.69 Å². The molecule has 0 bridgehead atoms. The zero-order valence-electron chi connectivity index (χ0n) is 19.9. The summed E-state index contributed by atoms with van der Waals surface area (Å²) in [7, 11) is 0. The fourth-order valence-corrected chi connectivity index (χ4v) is 4.65. The number of hydrogen-bond acceptors (Lipinski definition) is 7. The van der Waals surface area contributed by atoms with Gasteiger partial charge in [0.15, 0.2) is 11.5 Å². The lowest BCUT2D eigenvalue weighted by atomic mass is 9.95. The van der Waals surface area contributed by atoms with Gasteiger partial charge >= 0.3 is 0 Å². The van der Waals surface area contributed by atoms with Crippen LogP contribution in [0.15, 0.2) is 46.0 Å². The highest BCUT2D eigenvalue weighted by Gasteiger charge is 2.27. The maximum Gasteiger partial charge on any atom is 0.290 e. The van der Waals surface area contributed by atoms with Crippen LogP contribution < -0.4 is 5.01 Å². The van der Waals surface area contributed by atoms with Crippen LogP contribution >= 0.6 is 0 Å². The minimum absolute atomic E-state index is 0.250. The van der Waals surface area contributed by atoms with Gasteiger partial charge in [-0.2, -0.15) is 5.53 Å². The first-order valence-electron chi connectivity index (χ1n) is 11.7. The summed E-state index contributed by atoms with van der Waals surface area (Å²) < 4.78 is 20.8. The molecule has 3 aromatic rings. The van der Waals surface area contributed by atoms with Gasteiger partial charge in [0.1, 0.15) is 17.7 Å². The maximum absolute atomic E-state index is 14.8. The number of anilines is 1. The third-order valence-electron chi connectivity index (χ3n) is 6.50. The highest BCUT2D eigenvalue weighted by Crippen LogP contribution is 2.34. The topological polar surface area (TPSA) is 130 Å². The van der Waals surface area contributed by atoms with E-state index in [1.807, 2.05) is 18.2 Å². The van der Waals surface area contributed by atoms with Crippen molar-refractivity contribution in [3.63, 3.8) is 0 Å². The molecule has 0 saturated carbocycles. The van der Waals surface area contributed by atoms with Gasteiger partial charge in [-0.3, -0.25) is 10.2 Å². The van der Waals surface area contributed by atoms with Crippen LogP contribution in [0, 0.1) is 16.8 Å². The molecule has 10 heteroatoms. The average molecular weight is 483 g/mol. The first-order valence-corrected chi connectivity index (χ1v) is 11.7. The second kappa shape index (κ2) is 12.2. The summed E-state index contributed by atoms with van der Waals surface area (Å²) in [4.78, 5) is 15.7. The lowest BCUT2D eigenvalue weighted by Crippen LogP contribution is -2.40. The van der Waals surface area contributed by atoms with E-state index in [9.17, 15) is 4.39 Å². The summed E-state index contributed by atoms with van der Waals surface area (Å²) in [6, 6.07) is 10.7. The molecule has 9 nitrogen and oxygen atoms in total. The first-order chi connectivity index (χ1) is 17.0. The molecule has 0 radical (unpaired) electrons. The Morgan fingerprint density at radius 3 is 2.51 bits per heavy atom. The Hall–Kier alpha value is -3.66. The van der Waals surface area contributed by atoms with Gasteiger partial charge in [-0.15, -0.1) is 0 Å². The highest BCUT2D eigenvalue weighted by molar-refractivity contribution is 5.82. The number of nitrogens with one attached hydrogen (secondary N) is 2. The molecule has 1 aliphatic rings. The van der Waals surface area contributed by atoms with Crippen LogP contribution in [0.5, 0.6) is 0 Å². The Labute approximate surface area is 203 Å². The number of halogens is 1. The van der Waals surface area contributed by atoms with E-state index in [1.165, 1.54) is 18.9 Å². The van der Waals surface area contributed by atoms with E-state index in [0.717, 1.165) is 48.7 Å². The SMILES string of the molecule is CCC(CC)N1CCC(c2nc3cc(-c4ccc(N(C=N)N=N)cc4F)ccc3o2)CC1.O=CO. The number of nitrogens with zero attached hydrogens (tertiary/aromatic N) is 4. The average Bonchev–Trinajstić information content (AvgIpc) is 3.30. The number of likely N-dealkylation sites (tertiary alicyclic amines) is 1. The third kappa shape index (κ3) is 5.89. The summed E-state index contributed by atoms with van der Waals surface area (Å²) >= 11 is 0. The van der Waals surface area contributed by atoms with Crippen LogP contribution in [0.1, 0.15) is 51.3 Å². The quantitative estimate of drug-likeness (QED) is 0.118. The van der Waals surface area contributed by atoms with Crippen LogP contribution in [-0.4, -0.2) is 46.9 Å². The highest BCUT2D eigenvalue weighted by atomic mass is 19.1. The molecule has 2 aromatic carbocycles. The predicted molar refractivity (Wildman–Crippen MR) is 132 cm³/mol. The lowest BCUT2D eigenvalue weighted by molar-refractivity contribution is -0.122. The fraction of sp³-hybridized carbons (Fsp3) is 0.400. The fourth-order valence-electron chi connectivity index (χ4n) is 4.65. The molecular formula is C25H31FN6O3. The molecule has 0 spiro atoms. The van der Waals surface area contributed by atoms with Gasteiger partial charge in [0.2, 0.25) is 0 Å². The molecule has 1 fully saturated rings. The van der Waals surface area contributed by atoms with E-state index in [0.29, 0.717) is 34.4 Å². The van der Waals surface area contributed by atoms with Crippen molar-refractivity contribution in [3.05, 3.63) is 48.1 Å². The van der Waals surface area contributed by atoms with Crippen LogP contribution in [0.2, 0.25) is 0 Å². The van der Waals surface area contributed by atoms with Crippen molar-refractivity contribution >= 4 is 29.6 Å². The van der Waals surface area contributed by atoms with Gasteiger partial charge < -0.3 is 14.4 Å². The molecular weight excluding hydrogens is 451 g/mol. The normalized spacial score (nSPS) is 14.4. The Morgan fingerprint density at radius 1 is 1.26 bits per heavy atom. The Balaban J connectivity index is 0.00000108. The van der Waals surface area contributed by atoms with Gasteiger partial charge in [-0.25, -0.2) is 14.4 Å². The molecule has 1 saturated heterocycles. The molecule has 3 N–H and O–H groups in total. The van der Waals surface area contributed by atoms with E-state index >= 15 is 0 Å².